The average Bonchev–Trinajstić information content (AvgIpc) is 3.21. The van der Waals surface area contributed by atoms with E-state index in [1.807, 2.05) is 19.1 Å². The summed E-state index contributed by atoms with van der Waals surface area (Å²) >= 11 is 1.21. The number of thiazole rings is 1. The van der Waals surface area contributed by atoms with Gasteiger partial charge < -0.3 is 9.84 Å². The van der Waals surface area contributed by atoms with Crippen molar-refractivity contribution in [2.24, 2.45) is 0 Å². The summed E-state index contributed by atoms with van der Waals surface area (Å²) in [7, 11) is -2.37. The van der Waals surface area contributed by atoms with Crippen LogP contribution in [0.3, 0.4) is 0 Å². The molecule has 0 unspecified atom stereocenters. The van der Waals surface area contributed by atoms with Crippen LogP contribution in [0.25, 0.3) is 0 Å². The van der Waals surface area contributed by atoms with Crippen LogP contribution in [0.1, 0.15) is 21.5 Å². The Bertz CT molecular complexity index is 1080. The second kappa shape index (κ2) is 7.99. The molecule has 9 heteroatoms. The molecule has 0 bridgehead atoms. The summed E-state index contributed by atoms with van der Waals surface area (Å²) in [6.07, 6.45) is 1.54. The highest BCUT2D eigenvalue weighted by atomic mass is 32.2. The molecule has 0 spiro atoms. The molecular formula is C19H18N2O5S2. The number of benzene rings is 2. The normalized spacial score (nSPS) is 11.2. The van der Waals surface area contributed by atoms with E-state index in [0.29, 0.717) is 10.9 Å². The molecule has 0 fully saturated rings. The molecule has 0 saturated heterocycles. The van der Waals surface area contributed by atoms with Gasteiger partial charge in [-0.2, -0.15) is 0 Å². The smallest absolute Gasteiger partial charge is 0.335 e. The molecule has 0 aliphatic heterocycles. The van der Waals surface area contributed by atoms with Gasteiger partial charge in [0.2, 0.25) is 0 Å². The second-order valence-corrected chi connectivity index (χ2v) is 8.68. The number of hydrogen-bond donors (Lipinski definition) is 1. The molecule has 0 amide bonds. The number of aromatic carboxylic acids is 1. The molecular weight excluding hydrogens is 400 g/mol. The summed E-state index contributed by atoms with van der Waals surface area (Å²) in [5.74, 6) is -0.427. The fraction of sp³-hybridized carbons (Fsp3) is 0.158. The number of anilines is 1. The number of aryl methyl sites for hydroxylation is 1. The zero-order valence-corrected chi connectivity index (χ0v) is 16.8. The zero-order valence-electron chi connectivity index (χ0n) is 15.2. The molecule has 0 aliphatic carbocycles. The quantitative estimate of drug-likeness (QED) is 0.630. The monoisotopic (exact) mass is 418 g/mol. The predicted molar refractivity (Wildman–Crippen MR) is 107 cm³/mol. The van der Waals surface area contributed by atoms with Gasteiger partial charge in [0.15, 0.2) is 5.13 Å². The molecule has 1 aromatic heterocycles. The first-order valence-corrected chi connectivity index (χ1v) is 10.5. The number of ether oxygens (including phenoxy) is 1. The van der Waals surface area contributed by atoms with Crippen LogP contribution in [0.4, 0.5) is 5.13 Å². The second-order valence-electron chi connectivity index (χ2n) is 5.95. The highest BCUT2D eigenvalue weighted by Crippen LogP contribution is 2.29. The molecule has 0 radical (unpaired) electrons. The number of hydrogen-bond acceptors (Lipinski definition) is 6. The van der Waals surface area contributed by atoms with E-state index in [1.54, 1.807) is 18.6 Å². The first kappa shape index (κ1) is 19.8. The van der Waals surface area contributed by atoms with E-state index < -0.39 is 16.0 Å². The van der Waals surface area contributed by atoms with Gasteiger partial charge in [-0.3, -0.25) is 0 Å². The van der Waals surface area contributed by atoms with Crippen molar-refractivity contribution in [1.82, 2.24) is 4.98 Å². The Balaban J connectivity index is 2.01. The average molecular weight is 418 g/mol. The molecule has 2 aromatic carbocycles. The van der Waals surface area contributed by atoms with E-state index in [2.05, 4.69) is 4.98 Å². The lowest BCUT2D eigenvalue weighted by Gasteiger charge is -2.23. The summed E-state index contributed by atoms with van der Waals surface area (Å²) in [5.41, 5.74) is 1.71. The highest BCUT2D eigenvalue weighted by Gasteiger charge is 2.27. The van der Waals surface area contributed by atoms with Crippen LogP contribution in [0, 0.1) is 6.92 Å². The molecule has 3 aromatic rings. The summed E-state index contributed by atoms with van der Waals surface area (Å²) in [6, 6.07) is 10.6. The van der Waals surface area contributed by atoms with Gasteiger partial charge in [0, 0.05) is 11.6 Å². The molecule has 1 heterocycles. The van der Waals surface area contributed by atoms with E-state index in [-0.39, 0.29) is 17.0 Å². The van der Waals surface area contributed by atoms with Crippen LogP contribution in [-0.2, 0) is 16.6 Å². The summed E-state index contributed by atoms with van der Waals surface area (Å²) < 4.78 is 33.0. The minimum atomic E-state index is -3.94. The largest absolute Gasteiger partial charge is 0.497 e. The summed E-state index contributed by atoms with van der Waals surface area (Å²) in [6.45, 7) is 1.97. The van der Waals surface area contributed by atoms with E-state index in [0.717, 1.165) is 11.1 Å². The van der Waals surface area contributed by atoms with Crippen LogP contribution in [0.2, 0.25) is 0 Å². The van der Waals surface area contributed by atoms with Gasteiger partial charge in [0.05, 0.1) is 24.1 Å². The predicted octanol–water partition coefficient (Wildman–Crippen LogP) is 3.55. The van der Waals surface area contributed by atoms with E-state index >= 15 is 0 Å². The molecule has 7 nitrogen and oxygen atoms in total. The van der Waals surface area contributed by atoms with Crippen molar-refractivity contribution in [1.29, 1.82) is 0 Å². The molecule has 0 aliphatic rings. The van der Waals surface area contributed by atoms with Crippen LogP contribution < -0.4 is 9.04 Å². The number of aromatic nitrogens is 1. The third-order valence-corrected chi connectivity index (χ3v) is 6.85. The van der Waals surface area contributed by atoms with Crippen molar-refractivity contribution in [2.45, 2.75) is 18.4 Å². The van der Waals surface area contributed by atoms with Gasteiger partial charge in [-0.15, -0.1) is 11.3 Å². The van der Waals surface area contributed by atoms with Crippen molar-refractivity contribution in [3.05, 3.63) is 70.7 Å². The van der Waals surface area contributed by atoms with Crippen molar-refractivity contribution < 1.29 is 23.1 Å². The maximum Gasteiger partial charge on any atom is 0.335 e. The maximum atomic E-state index is 13.3. The van der Waals surface area contributed by atoms with Gasteiger partial charge in [0.1, 0.15) is 5.75 Å². The van der Waals surface area contributed by atoms with E-state index in [9.17, 15) is 13.2 Å². The first-order valence-electron chi connectivity index (χ1n) is 8.22. The van der Waals surface area contributed by atoms with Gasteiger partial charge in [-0.25, -0.2) is 22.5 Å². The topological polar surface area (TPSA) is 96.8 Å². The van der Waals surface area contributed by atoms with Crippen LogP contribution in [-0.4, -0.2) is 31.6 Å². The van der Waals surface area contributed by atoms with Gasteiger partial charge in [0.25, 0.3) is 10.0 Å². The van der Waals surface area contributed by atoms with Gasteiger partial charge in [-0.1, -0.05) is 6.07 Å². The summed E-state index contributed by atoms with van der Waals surface area (Å²) in [4.78, 5) is 15.2. The van der Waals surface area contributed by atoms with E-state index in [1.165, 1.54) is 46.1 Å². The Morgan fingerprint density at radius 2 is 1.93 bits per heavy atom. The van der Waals surface area contributed by atoms with Gasteiger partial charge >= 0.3 is 5.97 Å². The molecule has 0 atom stereocenters. The lowest BCUT2D eigenvalue weighted by Crippen LogP contribution is -2.30. The molecule has 28 heavy (non-hydrogen) atoms. The van der Waals surface area contributed by atoms with Gasteiger partial charge in [-0.05, 0) is 54.4 Å². The standard InChI is InChI=1S/C19H18N2O5S2/c1-13-11-16(26-2)6-3-15(13)12-21(19-20-9-10-27-19)28(24,25)17-7-4-14(5-8-17)18(22)23/h3-11H,12H2,1-2H3,(H,22,23). The molecule has 1 N–H and O–H groups in total. The van der Waals surface area contributed by atoms with Crippen molar-refractivity contribution in [3.8, 4) is 5.75 Å². The fourth-order valence-corrected chi connectivity index (χ4v) is 4.89. The number of sulfonamides is 1. The van der Waals surface area contributed by atoms with Crippen LogP contribution in [0.15, 0.2) is 58.9 Å². The van der Waals surface area contributed by atoms with Crippen molar-refractivity contribution >= 4 is 32.5 Å². The number of carboxylic acids is 1. The Morgan fingerprint density at radius 1 is 1.21 bits per heavy atom. The number of nitrogens with zero attached hydrogens (tertiary/aromatic N) is 2. The molecule has 0 saturated carbocycles. The Labute approximate surface area is 166 Å². The third-order valence-electron chi connectivity index (χ3n) is 4.19. The first-order chi connectivity index (χ1) is 13.3. The Kier molecular flexibility index (Phi) is 5.66. The van der Waals surface area contributed by atoms with Crippen molar-refractivity contribution in [2.75, 3.05) is 11.4 Å². The molecule has 146 valence electrons. The van der Waals surface area contributed by atoms with E-state index in [4.69, 9.17) is 9.84 Å². The number of rotatable bonds is 7. The number of carboxylic acid groups (broad SMARTS) is 1. The zero-order chi connectivity index (χ0) is 20.3. The third kappa shape index (κ3) is 4.00. The number of methoxy groups -OCH3 is 1. The number of carbonyl (C=O) groups is 1. The SMILES string of the molecule is COc1ccc(CN(c2nccs2)S(=O)(=O)c2ccc(C(=O)O)cc2)c(C)c1. The minimum Gasteiger partial charge on any atom is -0.497 e. The maximum absolute atomic E-state index is 13.3. The Morgan fingerprint density at radius 3 is 2.46 bits per heavy atom. The summed E-state index contributed by atoms with van der Waals surface area (Å²) in [5, 5.41) is 11.1. The Hall–Kier alpha value is -2.91. The minimum absolute atomic E-state index is 0.00105. The molecule has 3 rings (SSSR count). The van der Waals surface area contributed by atoms with Crippen LogP contribution >= 0.6 is 11.3 Å². The fourth-order valence-electron chi connectivity index (χ4n) is 2.62. The highest BCUT2D eigenvalue weighted by molar-refractivity contribution is 7.93. The lowest BCUT2D eigenvalue weighted by molar-refractivity contribution is 0.0696. The lowest BCUT2D eigenvalue weighted by atomic mass is 10.1. The van der Waals surface area contributed by atoms with Crippen molar-refractivity contribution in [3.63, 3.8) is 0 Å². The van der Waals surface area contributed by atoms with Crippen LogP contribution in [0.5, 0.6) is 5.75 Å².